The zero-order chi connectivity index (χ0) is 20.1. The molecule has 3 aromatic rings. The molecule has 1 aromatic heterocycles. The number of hydrogen-bond acceptors (Lipinski definition) is 4. The van der Waals surface area contributed by atoms with Gasteiger partial charge >= 0.3 is 0 Å². The largest absolute Gasteiger partial charge is 0.334 e. The van der Waals surface area contributed by atoms with Gasteiger partial charge < -0.3 is 9.80 Å². The molecule has 2 aliphatic heterocycles. The van der Waals surface area contributed by atoms with Crippen molar-refractivity contribution >= 4 is 38.6 Å². The second-order valence-electron chi connectivity index (χ2n) is 7.84. The predicted molar refractivity (Wildman–Crippen MR) is 118 cm³/mol. The van der Waals surface area contributed by atoms with E-state index < -0.39 is 0 Å². The fourth-order valence-corrected chi connectivity index (χ4v) is 4.97. The molecule has 1 unspecified atom stereocenters. The van der Waals surface area contributed by atoms with Gasteiger partial charge in [-0.25, -0.2) is 9.97 Å². The number of likely N-dealkylation sites (tertiary alicyclic amines) is 1. The normalized spacial score (nSPS) is 18.3. The molecule has 6 heteroatoms. The highest BCUT2D eigenvalue weighted by Crippen LogP contribution is 2.34. The van der Waals surface area contributed by atoms with Crippen LogP contribution in [0.5, 0.6) is 0 Å². The van der Waals surface area contributed by atoms with Crippen molar-refractivity contribution in [3.05, 3.63) is 75.7 Å². The number of carbonyl (C=O) groups is 1. The van der Waals surface area contributed by atoms with Gasteiger partial charge in [-0.3, -0.25) is 4.79 Å². The van der Waals surface area contributed by atoms with E-state index in [-0.39, 0.29) is 5.91 Å². The second-order valence-corrected chi connectivity index (χ2v) is 8.63. The molecule has 2 aromatic carbocycles. The lowest BCUT2D eigenvalue weighted by atomic mass is 10.1. The maximum atomic E-state index is 13.2. The SMILES string of the molecule is Cc1cc(C)nc(N2C=C3CN(C(=O)c4ccc5ccccc5c4Br)CC3C2)n1. The van der Waals surface area contributed by atoms with Crippen LogP contribution in [0.25, 0.3) is 10.8 Å². The first-order chi connectivity index (χ1) is 14.0. The molecule has 1 atom stereocenters. The first-order valence-corrected chi connectivity index (χ1v) is 10.5. The molecule has 1 saturated heterocycles. The summed E-state index contributed by atoms with van der Waals surface area (Å²) in [4.78, 5) is 26.4. The molecule has 0 N–H and O–H groups in total. The Balaban J connectivity index is 1.38. The number of nitrogens with zero attached hydrogens (tertiary/aromatic N) is 4. The van der Waals surface area contributed by atoms with Gasteiger partial charge in [-0.05, 0) is 58.3 Å². The van der Waals surface area contributed by atoms with Crippen molar-refractivity contribution in [2.24, 2.45) is 5.92 Å². The van der Waals surface area contributed by atoms with Crippen molar-refractivity contribution < 1.29 is 4.79 Å². The molecule has 1 amide bonds. The molecule has 29 heavy (non-hydrogen) atoms. The van der Waals surface area contributed by atoms with Crippen LogP contribution >= 0.6 is 15.9 Å². The van der Waals surface area contributed by atoms with E-state index in [2.05, 4.69) is 43.1 Å². The van der Waals surface area contributed by atoms with Crippen LogP contribution in [0.2, 0.25) is 0 Å². The third-order valence-electron chi connectivity index (χ3n) is 5.69. The van der Waals surface area contributed by atoms with Crippen LogP contribution < -0.4 is 4.90 Å². The third kappa shape index (κ3) is 3.21. The summed E-state index contributed by atoms with van der Waals surface area (Å²) in [5.41, 5.74) is 3.94. The Hall–Kier alpha value is -2.73. The summed E-state index contributed by atoms with van der Waals surface area (Å²) >= 11 is 3.66. The van der Waals surface area contributed by atoms with Crippen molar-refractivity contribution in [2.75, 3.05) is 24.5 Å². The van der Waals surface area contributed by atoms with Crippen LogP contribution in [-0.2, 0) is 0 Å². The molecule has 146 valence electrons. The minimum Gasteiger partial charge on any atom is -0.334 e. The van der Waals surface area contributed by atoms with Crippen molar-refractivity contribution in [2.45, 2.75) is 13.8 Å². The molecule has 0 aliphatic carbocycles. The summed E-state index contributed by atoms with van der Waals surface area (Å²) in [5.74, 6) is 1.16. The van der Waals surface area contributed by atoms with Gasteiger partial charge in [0.15, 0.2) is 0 Å². The highest BCUT2D eigenvalue weighted by molar-refractivity contribution is 9.10. The minimum absolute atomic E-state index is 0.0760. The summed E-state index contributed by atoms with van der Waals surface area (Å²) < 4.78 is 0.872. The second kappa shape index (κ2) is 6.95. The Labute approximate surface area is 178 Å². The molecule has 5 nitrogen and oxygen atoms in total. The van der Waals surface area contributed by atoms with Gasteiger partial charge in [-0.15, -0.1) is 0 Å². The monoisotopic (exact) mass is 448 g/mol. The Morgan fingerprint density at radius 1 is 1.07 bits per heavy atom. The van der Waals surface area contributed by atoms with Gasteiger partial charge in [0.05, 0.1) is 5.56 Å². The first-order valence-electron chi connectivity index (χ1n) is 9.75. The quantitative estimate of drug-likeness (QED) is 0.579. The number of benzene rings is 2. The molecule has 1 fully saturated rings. The molecular formula is C23H21BrN4O. The van der Waals surface area contributed by atoms with Crippen LogP contribution in [-0.4, -0.2) is 40.4 Å². The van der Waals surface area contributed by atoms with Gasteiger partial charge in [0.25, 0.3) is 5.91 Å². The number of hydrogen-bond donors (Lipinski definition) is 0. The van der Waals surface area contributed by atoms with Crippen LogP contribution in [0.3, 0.4) is 0 Å². The highest BCUT2D eigenvalue weighted by atomic mass is 79.9. The molecule has 5 rings (SSSR count). The fraction of sp³-hybridized carbons (Fsp3) is 0.261. The van der Waals surface area contributed by atoms with E-state index in [0.717, 1.165) is 51.2 Å². The number of carbonyl (C=O) groups excluding carboxylic acids is 1. The number of halogens is 1. The number of rotatable bonds is 2. The predicted octanol–water partition coefficient (Wildman–Crippen LogP) is 4.49. The molecule has 3 heterocycles. The Morgan fingerprint density at radius 2 is 1.83 bits per heavy atom. The lowest BCUT2D eigenvalue weighted by Gasteiger charge is -2.21. The van der Waals surface area contributed by atoms with Gasteiger partial charge in [-0.2, -0.15) is 0 Å². The van der Waals surface area contributed by atoms with E-state index in [1.165, 1.54) is 5.57 Å². The lowest BCUT2D eigenvalue weighted by molar-refractivity contribution is 0.0788. The van der Waals surface area contributed by atoms with Crippen LogP contribution in [0, 0.1) is 19.8 Å². The number of aromatic nitrogens is 2. The molecule has 0 radical (unpaired) electrons. The molecular weight excluding hydrogens is 428 g/mol. The van der Waals surface area contributed by atoms with E-state index in [1.807, 2.05) is 55.1 Å². The van der Waals surface area contributed by atoms with Crippen LogP contribution in [0.1, 0.15) is 21.7 Å². The zero-order valence-corrected chi connectivity index (χ0v) is 18.0. The average molecular weight is 449 g/mol. The molecule has 0 bridgehead atoms. The highest BCUT2D eigenvalue weighted by Gasteiger charge is 2.37. The topological polar surface area (TPSA) is 49.3 Å². The van der Waals surface area contributed by atoms with E-state index in [4.69, 9.17) is 0 Å². The standard InChI is InChI=1S/C23H21BrN4O/c1-14-9-15(2)26-23(25-14)28-12-17-10-27(11-18(17)13-28)22(29)20-8-7-16-5-3-4-6-19(16)21(20)24/h3-9,12,18H,10-11,13H2,1-2H3. The van der Waals surface area contributed by atoms with Gasteiger partial charge in [0.1, 0.15) is 0 Å². The third-order valence-corrected chi connectivity index (χ3v) is 6.54. The van der Waals surface area contributed by atoms with E-state index in [0.29, 0.717) is 12.5 Å². The molecule has 0 saturated carbocycles. The maximum absolute atomic E-state index is 13.2. The van der Waals surface area contributed by atoms with Crippen LogP contribution in [0.15, 0.2) is 58.7 Å². The Bertz CT molecular complexity index is 1150. The van der Waals surface area contributed by atoms with Crippen LogP contribution in [0.4, 0.5) is 5.95 Å². The van der Waals surface area contributed by atoms with Crippen molar-refractivity contribution in [1.29, 1.82) is 0 Å². The Kier molecular flexibility index (Phi) is 4.39. The van der Waals surface area contributed by atoms with E-state index in [9.17, 15) is 4.79 Å². The average Bonchev–Trinajstić information content (AvgIpc) is 3.27. The summed E-state index contributed by atoms with van der Waals surface area (Å²) in [7, 11) is 0. The fourth-order valence-electron chi connectivity index (χ4n) is 4.31. The van der Waals surface area contributed by atoms with E-state index >= 15 is 0 Å². The summed E-state index contributed by atoms with van der Waals surface area (Å²) in [6.07, 6.45) is 2.13. The zero-order valence-electron chi connectivity index (χ0n) is 16.4. The minimum atomic E-state index is 0.0760. The number of anilines is 1. The van der Waals surface area contributed by atoms with Crippen molar-refractivity contribution in [1.82, 2.24) is 14.9 Å². The summed E-state index contributed by atoms with van der Waals surface area (Å²) in [6, 6.07) is 14.0. The number of fused-ring (bicyclic) bond motifs is 2. The maximum Gasteiger partial charge on any atom is 0.255 e. The summed E-state index contributed by atoms with van der Waals surface area (Å²) in [6.45, 7) is 6.18. The molecule has 0 spiro atoms. The smallest absolute Gasteiger partial charge is 0.255 e. The summed E-state index contributed by atoms with van der Waals surface area (Å²) in [5, 5.41) is 2.19. The van der Waals surface area contributed by atoms with Gasteiger partial charge in [-0.1, -0.05) is 30.3 Å². The number of amides is 1. The van der Waals surface area contributed by atoms with Gasteiger partial charge in [0, 0.05) is 47.6 Å². The van der Waals surface area contributed by atoms with Crippen molar-refractivity contribution in [3.63, 3.8) is 0 Å². The Morgan fingerprint density at radius 3 is 2.59 bits per heavy atom. The molecule has 2 aliphatic rings. The number of aryl methyl sites for hydroxylation is 2. The lowest BCUT2D eigenvalue weighted by Crippen LogP contribution is -2.31. The van der Waals surface area contributed by atoms with Crippen molar-refractivity contribution in [3.8, 4) is 0 Å². The van der Waals surface area contributed by atoms with E-state index in [1.54, 1.807) is 0 Å². The van der Waals surface area contributed by atoms with Gasteiger partial charge in [0.2, 0.25) is 5.95 Å². The first kappa shape index (κ1) is 18.3.